The Hall–Kier alpha value is -1.06. The number of likely N-dealkylation sites (N-methyl/N-ethyl adjacent to an activating group) is 1. The largest absolute Gasteiger partial charge is 0.492 e. The van der Waals surface area contributed by atoms with Crippen LogP contribution in [-0.4, -0.2) is 56.9 Å². The van der Waals surface area contributed by atoms with Crippen LogP contribution in [0.25, 0.3) is 0 Å². The highest BCUT2D eigenvalue weighted by Gasteiger charge is 2.17. The van der Waals surface area contributed by atoms with Crippen LogP contribution in [-0.2, 0) is 11.3 Å². The number of unbranched alkanes of at least 4 members (excludes halogenated alkanes) is 5. The Balaban J connectivity index is 0.00000480. The molecular formula is C24H43IN4O2. The fourth-order valence-corrected chi connectivity index (χ4v) is 3.70. The summed E-state index contributed by atoms with van der Waals surface area (Å²) in [4.78, 5) is 6.84. The average Bonchev–Trinajstić information content (AvgIpc) is 2.78. The van der Waals surface area contributed by atoms with E-state index in [2.05, 4.69) is 41.3 Å². The Morgan fingerprint density at radius 1 is 1.19 bits per heavy atom. The zero-order valence-corrected chi connectivity index (χ0v) is 21.8. The van der Waals surface area contributed by atoms with Gasteiger partial charge in [0.05, 0.1) is 6.54 Å². The number of nitrogens with one attached hydrogen (secondary N) is 1. The predicted molar refractivity (Wildman–Crippen MR) is 141 cm³/mol. The minimum atomic E-state index is 0. The summed E-state index contributed by atoms with van der Waals surface area (Å²) in [6, 6.07) is 8.74. The lowest BCUT2D eigenvalue weighted by Crippen LogP contribution is -2.38. The highest BCUT2D eigenvalue weighted by atomic mass is 127. The first kappa shape index (κ1) is 28.0. The van der Waals surface area contributed by atoms with E-state index in [1.54, 1.807) is 0 Å². The highest BCUT2D eigenvalue weighted by Crippen LogP contribution is 2.15. The minimum absolute atomic E-state index is 0. The molecule has 0 radical (unpaired) electrons. The fraction of sp³-hybridized carbons (Fsp3) is 0.708. The van der Waals surface area contributed by atoms with Gasteiger partial charge in [-0.25, -0.2) is 4.99 Å². The van der Waals surface area contributed by atoms with Crippen molar-refractivity contribution in [3.63, 3.8) is 0 Å². The predicted octanol–water partition coefficient (Wildman–Crippen LogP) is 4.56. The molecule has 0 atom stereocenters. The number of hydrogen-bond donors (Lipinski definition) is 2. The van der Waals surface area contributed by atoms with Crippen LogP contribution in [0.4, 0.5) is 0 Å². The number of halogens is 1. The van der Waals surface area contributed by atoms with Crippen molar-refractivity contribution in [1.82, 2.24) is 10.2 Å². The molecule has 0 amide bonds. The maximum absolute atomic E-state index is 6.00. The van der Waals surface area contributed by atoms with Crippen LogP contribution >= 0.6 is 24.0 Å². The van der Waals surface area contributed by atoms with Gasteiger partial charge < -0.3 is 20.5 Å². The van der Waals surface area contributed by atoms with Gasteiger partial charge >= 0.3 is 0 Å². The van der Waals surface area contributed by atoms with Crippen LogP contribution in [0.2, 0.25) is 0 Å². The molecule has 1 aromatic carbocycles. The molecule has 3 N–H and O–H groups in total. The fourth-order valence-electron chi connectivity index (χ4n) is 3.70. The maximum Gasteiger partial charge on any atom is 0.188 e. The van der Waals surface area contributed by atoms with Gasteiger partial charge in [0.1, 0.15) is 12.4 Å². The number of aliphatic imine (C=N–C) groups is 1. The summed E-state index contributed by atoms with van der Waals surface area (Å²) in [5.41, 5.74) is 7.11. The van der Waals surface area contributed by atoms with E-state index in [1.165, 1.54) is 32.1 Å². The second-order valence-corrected chi connectivity index (χ2v) is 8.22. The Morgan fingerprint density at radius 3 is 2.71 bits per heavy atom. The minimum Gasteiger partial charge on any atom is -0.492 e. The number of hydrogen-bond acceptors (Lipinski definition) is 4. The van der Waals surface area contributed by atoms with Crippen LogP contribution in [0.3, 0.4) is 0 Å². The topological polar surface area (TPSA) is 72.1 Å². The van der Waals surface area contributed by atoms with Crippen LogP contribution in [0, 0.1) is 0 Å². The number of benzene rings is 1. The van der Waals surface area contributed by atoms with Crippen LogP contribution < -0.4 is 15.8 Å². The van der Waals surface area contributed by atoms with Gasteiger partial charge in [-0.2, -0.15) is 0 Å². The first-order valence-corrected chi connectivity index (χ1v) is 11.7. The highest BCUT2D eigenvalue weighted by molar-refractivity contribution is 14.0. The molecule has 1 aliphatic heterocycles. The molecule has 0 unspecified atom stereocenters. The molecular weight excluding hydrogens is 503 g/mol. The van der Waals surface area contributed by atoms with Crippen molar-refractivity contribution >= 4 is 29.9 Å². The van der Waals surface area contributed by atoms with Crippen molar-refractivity contribution < 1.29 is 9.47 Å². The molecule has 1 fully saturated rings. The molecule has 1 aliphatic rings. The normalized spacial score (nSPS) is 15.0. The molecule has 1 saturated heterocycles. The second kappa shape index (κ2) is 17.5. The molecule has 2 rings (SSSR count). The molecule has 7 heteroatoms. The summed E-state index contributed by atoms with van der Waals surface area (Å²) in [6.07, 6.45) is 9.89. The van der Waals surface area contributed by atoms with Gasteiger partial charge in [0.15, 0.2) is 5.96 Å². The number of nitrogens with zero attached hydrogens (tertiary/aromatic N) is 2. The van der Waals surface area contributed by atoms with E-state index in [4.69, 9.17) is 15.2 Å². The van der Waals surface area contributed by atoms with Crippen molar-refractivity contribution in [2.24, 2.45) is 10.7 Å². The molecule has 0 saturated carbocycles. The SMILES string of the molecule is CCCCCCCCNC(N)=NCc1cccc(OCCN(C)C2CCOCC2)c1.I. The number of guanidine groups is 1. The van der Waals surface area contributed by atoms with Crippen molar-refractivity contribution in [3.05, 3.63) is 29.8 Å². The summed E-state index contributed by atoms with van der Waals surface area (Å²) in [6.45, 7) is 7.04. The summed E-state index contributed by atoms with van der Waals surface area (Å²) >= 11 is 0. The lowest BCUT2D eigenvalue weighted by Gasteiger charge is -2.31. The summed E-state index contributed by atoms with van der Waals surface area (Å²) in [5, 5.41) is 3.22. The molecule has 31 heavy (non-hydrogen) atoms. The van der Waals surface area contributed by atoms with E-state index >= 15 is 0 Å². The smallest absolute Gasteiger partial charge is 0.188 e. The maximum atomic E-state index is 6.00. The molecule has 1 aromatic rings. The van der Waals surface area contributed by atoms with Gasteiger partial charge in [-0.05, 0) is 44.0 Å². The van der Waals surface area contributed by atoms with E-state index < -0.39 is 0 Å². The molecule has 6 nitrogen and oxygen atoms in total. The third-order valence-corrected chi connectivity index (χ3v) is 5.69. The summed E-state index contributed by atoms with van der Waals surface area (Å²) in [7, 11) is 2.17. The monoisotopic (exact) mass is 546 g/mol. The van der Waals surface area contributed by atoms with Gasteiger partial charge in [0.2, 0.25) is 0 Å². The molecule has 0 spiro atoms. The van der Waals surface area contributed by atoms with Crippen molar-refractivity contribution in [1.29, 1.82) is 0 Å². The molecule has 0 bridgehead atoms. The molecule has 178 valence electrons. The zero-order valence-electron chi connectivity index (χ0n) is 19.5. The third kappa shape index (κ3) is 12.5. The van der Waals surface area contributed by atoms with Crippen LogP contribution in [0.15, 0.2) is 29.3 Å². The molecule has 0 aliphatic carbocycles. The van der Waals surface area contributed by atoms with E-state index in [-0.39, 0.29) is 24.0 Å². The van der Waals surface area contributed by atoms with Crippen molar-refractivity contribution in [2.75, 3.05) is 40.0 Å². The van der Waals surface area contributed by atoms with Gasteiger partial charge in [-0.3, -0.25) is 4.90 Å². The van der Waals surface area contributed by atoms with Crippen molar-refractivity contribution in [2.45, 2.75) is 70.9 Å². The lowest BCUT2D eigenvalue weighted by molar-refractivity contribution is 0.0392. The molecule has 0 aromatic heterocycles. The molecule has 1 heterocycles. The van der Waals surface area contributed by atoms with Gasteiger partial charge in [0, 0.05) is 32.3 Å². The summed E-state index contributed by atoms with van der Waals surface area (Å²) < 4.78 is 11.4. The average molecular weight is 547 g/mol. The Morgan fingerprint density at radius 2 is 1.94 bits per heavy atom. The lowest BCUT2D eigenvalue weighted by atomic mass is 10.1. The van der Waals surface area contributed by atoms with Crippen LogP contribution in [0.1, 0.15) is 63.9 Å². The standard InChI is InChI=1S/C24H42N4O2.HI/c1-3-4-5-6-7-8-14-26-24(25)27-20-21-10-9-11-23(19-21)30-18-15-28(2)22-12-16-29-17-13-22;/h9-11,19,22H,3-8,12-18,20H2,1-2H3,(H3,25,26,27);1H. The van der Waals surface area contributed by atoms with E-state index in [9.17, 15) is 0 Å². The zero-order chi connectivity index (χ0) is 21.4. The number of ether oxygens (including phenoxy) is 2. The van der Waals surface area contributed by atoms with Gasteiger partial charge in [0.25, 0.3) is 0 Å². The van der Waals surface area contributed by atoms with Gasteiger partial charge in [-0.1, -0.05) is 51.2 Å². The van der Waals surface area contributed by atoms with E-state index in [1.807, 2.05) is 12.1 Å². The van der Waals surface area contributed by atoms with E-state index in [0.717, 1.165) is 56.9 Å². The Bertz CT molecular complexity index is 609. The summed E-state index contributed by atoms with van der Waals surface area (Å²) in [5.74, 6) is 1.41. The number of nitrogens with two attached hydrogens (primary N) is 1. The Kier molecular flexibility index (Phi) is 15.8. The number of rotatable bonds is 14. The quantitative estimate of drug-likeness (QED) is 0.155. The van der Waals surface area contributed by atoms with Crippen molar-refractivity contribution in [3.8, 4) is 5.75 Å². The first-order chi connectivity index (χ1) is 14.7. The third-order valence-electron chi connectivity index (χ3n) is 5.69. The Labute approximate surface area is 206 Å². The van der Waals surface area contributed by atoms with Gasteiger partial charge in [-0.15, -0.1) is 24.0 Å². The first-order valence-electron chi connectivity index (χ1n) is 11.7. The van der Waals surface area contributed by atoms with Crippen LogP contribution in [0.5, 0.6) is 5.75 Å². The second-order valence-electron chi connectivity index (χ2n) is 8.22. The van der Waals surface area contributed by atoms with E-state index in [0.29, 0.717) is 25.2 Å².